The highest BCUT2D eigenvalue weighted by Crippen LogP contribution is 2.32. The predicted molar refractivity (Wildman–Crippen MR) is 115 cm³/mol. The monoisotopic (exact) mass is 484 g/mol. The number of amides is 1. The molecule has 0 spiro atoms. The van der Waals surface area contributed by atoms with E-state index in [1.54, 1.807) is 4.90 Å². The van der Waals surface area contributed by atoms with Gasteiger partial charge in [-0.05, 0) is 36.2 Å². The zero-order valence-corrected chi connectivity index (χ0v) is 18.2. The molecule has 1 amide bonds. The third kappa shape index (κ3) is 4.78. The van der Waals surface area contributed by atoms with E-state index in [0.717, 1.165) is 28.1 Å². The van der Waals surface area contributed by atoms with Crippen LogP contribution in [0.1, 0.15) is 21.5 Å². The minimum absolute atomic E-state index is 0.0424. The highest BCUT2D eigenvalue weighted by molar-refractivity contribution is 5.98. The second kappa shape index (κ2) is 9.29. The summed E-state index contributed by atoms with van der Waals surface area (Å²) < 4.78 is 50.5. The minimum Gasteiger partial charge on any atom is -0.377 e. The molecule has 0 bridgehead atoms. The molecule has 0 saturated carbocycles. The zero-order chi connectivity index (χ0) is 24.4. The first-order valence-electron chi connectivity index (χ1n) is 10.7. The molecule has 35 heavy (non-hydrogen) atoms. The molecule has 4 aromatic rings. The van der Waals surface area contributed by atoms with Crippen molar-refractivity contribution >= 4 is 5.91 Å². The van der Waals surface area contributed by atoms with Crippen molar-refractivity contribution < 1.29 is 27.2 Å². The molecule has 2 aromatic heterocycles. The normalized spacial score (nSPS) is 16.4. The van der Waals surface area contributed by atoms with Gasteiger partial charge in [0.1, 0.15) is 0 Å². The highest BCUT2D eigenvalue weighted by Gasteiger charge is 2.34. The molecule has 0 aliphatic carbocycles. The Morgan fingerprint density at radius 2 is 1.94 bits per heavy atom. The van der Waals surface area contributed by atoms with E-state index in [4.69, 9.17) is 9.26 Å². The van der Waals surface area contributed by atoms with Crippen molar-refractivity contribution in [3.8, 4) is 17.1 Å². The van der Waals surface area contributed by atoms with Crippen LogP contribution in [-0.2, 0) is 17.3 Å². The summed E-state index contributed by atoms with van der Waals surface area (Å²) in [6, 6.07) is 10.1. The molecule has 0 radical (unpaired) electrons. The fraction of sp³-hybridized carbons (Fsp3) is 0.261. The van der Waals surface area contributed by atoms with E-state index in [9.17, 15) is 18.0 Å². The number of hydrogen-bond donors (Lipinski definition) is 0. The minimum atomic E-state index is -4.57. The zero-order valence-electron chi connectivity index (χ0n) is 18.2. The van der Waals surface area contributed by atoms with Gasteiger partial charge in [-0.2, -0.15) is 33.1 Å². The van der Waals surface area contributed by atoms with Crippen molar-refractivity contribution in [2.75, 3.05) is 19.8 Å². The van der Waals surface area contributed by atoms with E-state index >= 15 is 0 Å². The van der Waals surface area contributed by atoms with Crippen molar-refractivity contribution in [3.63, 3.8) is 0 Å². The number of carbonyl (C=O) groups excluding carboxylic acids is 1. The Hall–Kier alpha value is -4.06. The lowest BCUT2D eigenvalue weighted by Gasteiger charge is -2.36. The van der Waals surface area contributed by atoms with Crippen molar-refractivity contribution in [1.29, 1.82) is 0 Å². The molecule has 3 heterocycles. The number of nitrogens with zero attached hydrogens (tertiary/aromatic N) is 6. The topological polar surface area (TPSA) is 99.2 Å². The summed E-state index contributed by atoms with van der Waals surface area (Å²) in [6.07, 6.45) is -0.193. The van der Waals surface area contributed by atoms with Crippen LogP contribution in [0, 0.1) is 0 Å². The molecule has 180 valence electrons. The largest absolute Gasteiger partial charge is 0.416 e. The van der Waals surface area contributed by atoms with Crippen LogP contribution in [0.25, 0.3) is 17.1 Å². The molecule has 1 fully saturated rings. The molecule has 5 rings (SSSR count). The van der Waals surface area contributed by atoms with E-state index in [-0.39, 0.29) is 23.9 Å². The van der Waals surface area contributed by atoms with Gasteiger partial charge in [0.2, 0.25) is 12.2 Å². The molecular weight excluding hydrogens is 465 g/mol. The maximum Gasteiger partial charge on any atom is 0.416 e. The van der Waals surface area contributed by atoms with Crippen molar-refractivity contribution in [2.45, 2.75) is 18.6 Å². The van der Waals surface area contributed by atoms with Crippen LogP contribution in [0.15, 0.2) is 65.8 Å². The van der Waals surface area contributed by atoms with Crippen LogP contribution in [0.4, 0.5) is 13.2 Å². The van der Waals surface area contributed by atoms with Crippen LogP contribution in [0.2, 0.25) is 0 Å². The lowest BCUT2D eigenvalue weighted by molar-refractivity contribution is -0.137. The van der Waals surface area contributed by atoms with E-state index in [1.165, 1.54) is 24.9 Å². The van der Waals surface area contributed by atoms with Gasteiger partial charge < -0.3 is 14.2 Å². The fourth-order valence-electron chi connectivity index (χ4n) is 4.05. The maximum atomic E-state index is 13.6. The maximum absolute atomic E-state index is 13.6. The quantitative estimate of drug-likeness (QED) is 0.428. The van der Waals surface area contributed by atoms with Gasteiger partial charge in [-0.25, -0.2) is 0 Å². The summed E-state index contributed by atoms with van der Waals surface area (Å²) in [5.74, 6) is 0.0226. The summed E-state index contributed by atoms with van der Waals surface area (Å²) in [5, 5.41) is 11.7. The second-order valence-corrected chi connectivity index (χ2v) is 7.93. The van der Waals surface area contributed by atoms with Gasteiger partial charge in [0.25, 0.3) is 5.91 Å². The molecule has 0 N–H and O–H groups in total. The molecule has 1 atom stereocenters. The number of ether oxygens (including phenoxy) is 1. The predicted octanol–water partition coefficient (Wildman–Crippen LogP) is 3.42. The van der Waals surface area contributed by atoms with Gasteiger partial charge in [-0.3, -0.25) is 4.79 Å². The molecule has 9 nitrogen and oxygen atoms in total. The molecular formula is C23H19F3N6O3. The van der Waals surface area contributed by atoms with E-state index in [1.807, 2.05) is 24.3 Å². The lowest BCUT2D eigenvalue weighted by atomic mass is 10.00. The Balaban J connectivity index is 1.45. The van der Waals surface area contributed by atoms with Crippen molar-refractivity contribution in [2.24, 2.45) is 0 Å². The smallest absolute Gasteiger partial charge is 0.377 e. The van der Waals surface area contributed by atoms with Gasteiger partial charge in [-0.1, -0.05) is 23.4 Å². The molecule has 0 unspecified atom stereocenters. The number of benzene rings is 2. The van der Waals surface area contributed by atoms with E-state index in [2.05, 4.69) is 20.3 Å². The molecule has 2 aromatic carbocycles. The molecule has 1 saturated heterocycles. The van der Waals surface area contributed by atoms with Gasteiger partial charge in [0.15, 0.2) is 0 Å². The third-order valence-electron chi connectivity index (χ3n) is 5.70. The lowest BCUT2D eigenvalue weighted by Crippen LogP contribution is -2.50. The molecule has 12 heteroatoms. The summed E-state index contributed by atoms with van der Waals surface area (Å²) in [6.45, 7) is 0.899. The Morgan fingerprint density at radius 1 is 1.11 bits per heavy atom. The number of hydrogen-bond acceptors (Lipinski definition) is 7. The van der Waals surface area contributed by atoms with Gasteiger partial charge in [0, 0.05) is 12.1 Å². The SMILES string of the molecule is O=C(c1ccc(C(F)(F)F)cc1-n1nccn1)N1CCOC[C@H]1Cc1cccc(-c2ncon2)c1. The van der Waals surface area contributed by atoms with E-state index in [0.29, 0.717) is 25.4 Å². The van der Waals surface area contributed by atoms with Crippen LogP contribution >= 0.6 is 0 Å². The number of aromatic nitrogens is 5. The Bertz CT molecular complexity index is 1310. The Kier molecular flexibility index (Phi) is 6.03. The number of rotatable bonds is 5. The number of halogens is 3. The summed E-state index contributed by atoms with van der Waals surface area (Å²) in [7, 11) is 0. The average molecular weight is 484 g/mol. The Morgan fingerprint density at radius 3 is 2.69 bits per heavy atom. The van der Waals surface area contributed by atoms with Gasteiger partial charge in [-0.15, -0.1) is 0 Å². The summed E-state index contributed by atoms with van der Waals surface area (Å²) >= 11 is 0. The van der Waals surface area contributed by atoms with Crippen molar-refractivity contribution in [1.82, 2.24) is 30.0 Å². The first-order chi connectivity index (χ1) is 16.9. The van der Waals surface area contributed by atoms with Crippen LogP contribution in [-0.4, -0.2) is 61.7 Å². The number of carbonyl (C=O) groups is 1. The second-order valence-electron chi connectivity index (χ2n) is 7.93. The first kappa shape index (κ1) is 22.7. The standard InChI is InChI=1S/C23H19F3N6O3/c24-23(25,26)17-4-5-19(20(12-17)32-28-6-7-29-32)22(33)31-8-9-34-13-18(31)11-15-2-1-3-16(10-15)21-27-14-35-30-21/h1-7,10,12,14,18H,8-9,11,13H2/t18-/m1/s1. The van der Waals surface area contributed by atoms with Crippen LogP contribution in [0.3, 0.4) is 0 Å². The highest BCUT2D eigenvalue weighted by atomic mass is 19.4. The summed E-state index contributed by atoms with van der Waals surface area (Å²) in [5.41, 5.74) is 0.821. The first-order valence-corrected chi connectivity index (χ1v) is 10.7. The molecule has 1 aliphatic heterocycles. The Labute approximate surface area is 197 Å². The van der Waals surface area contributed by atoms with Crippen LogP contribution < -0.4 is 0 Å². The van der Waals surface area contributed by atoms with Gasteiger partial charge in [0.05, 0.1) is 48.5 Å². The fourth-order valence-corrected chi connectivity index (χ4v) is 4.05. The third-order valence-corrected chi connectivity index (χ3v) is 5.70. The number of morpholine rings is 1. The number of alkyl halides is 3. The molecule has 1 aliphatic rings. The summed E-state index contributed by atoms with van der Waals surface area (Å²) in [4.78, 5) is 20.3. The van der Waals surface area contributed by atoms with E-state index < -0.39 is 17.6 Å². The van der Waals surface area contributed by atoms with Gasteiger partial charge >= 0.3 is 6.18 Å². The van der Waals surface area contributed by atoms with Crippen molar-refractivity contribution in [3.05, 3.63) is 77.9 Å². The average Bonchev–Trinajstić information content (AvgIpc) is 3.58. The van der Waals surface area contributed by atoms with Crippen LogP contribution in [0.5, 0.6) is 0 Å².